The number of azide groups is 1. The van der Waals surface area contributed by atoms with E-state index < -0.39 is 43.7 Å². The predicted octanol–water partition coefficient (Wildman–Crippen LogP) is 5.42. The van der Waals surface area contributed by atoms with E-state index in [1.54, 1.807) is 6.07 Å². The summed E-state index contributed by atoms with van der Waals surface area (Å²) < 4.78 is 59.0. The van der Waals surface area contributed by atoms with Crippen LogP contribution in [0.5, 0.6) is 0 Å². The number of sulfonamides is 1. The molecule has 1 aromatic heterocycles. The van der Waals surface area contributed by atoms with Gasteiger partial charge in [0.05, 0.1) is 16.1 Å². The number of nitrogens with zero attached hydrogens (tertiary/aromatic N) is 4. The van der Waals surface area contributed by atoms with Gasteiger partial charge >= 0.3 is 0 Å². The predicted molar refractivity (Wildman–Crippen MR) is 131 cm³/mol. The van der Waals surface area contributed by atoms with Gasteiger partial charge in [-0.25, -0.2) is 12.8 Å². The minimum Gasteiger partial charge on any atom is -0.349 e. The van der Waals surface area contributed by atoms with E-state index in [0.29, 0.717) is 29.3 Å². The summed E-state index contributed by atoms with van der Waals surface area (Å²) in [6.45, 7) is 3.25. The first kappa shape index (κ1) is 25.2. The van der Waals surface area contributed by atoms with Gasteiger partial charge in [-0.2, -0.15) is 4.39 Å². The third kappa shape index (κ3) is 5.25. The number of aromatic nitrogens is 1. The highest BCUT2D eigenvalue weighted by Gasteiger charge is 2.53. The van der Waals surface area contributed by atoms with Gasteiger partial charge in [0.2, 0.25) is 15.8 Å². The molecular weight excluding hydrogens is 569 g/mol. The molecule has 2 aromatic rings. The van der Waals surface area contributed by atoms with Crippen LogP contribution in [0.4, 0.5) is 25.8 Å². The van der Waals surface area contributed by atoms with Crippen LogP contribution < -0.4 is 15.6 Å². The van der Waals surface area contributed by atoms with Gasteiger partial charge in [0.1, 0.15) is 11.5 Å². The lowest BCUT2D eigenvalue weighted by Crippen LogP contribution is -2.33. The van der Waals surface area contributed by atoms with Gasteiger partial charge in [-0.1, -0.05) is 18.5 Å². The number of halogens is 3. The molecule has 1 unspecified atom stereocenters. The van der Waals surface area contributed by atoms with E-state index in [4.69, 9.17) is 5.53 Å². The zero-order chi connectivity index (χ0) is 24.4. The zero-order valence-electron chi connectivity index (χ0n) is 18.0. The molecule has 0 amide bonds. The Kier molecular flexibility index (Phi) is 7.54. The lowest BCUT2D eigenvalue weighted by Gasteiger charge is -2.22. The summed E-state index contributed by atoms with van der Waals surface area (Å²) >= 11 is 1.91. The minimum atomic E-state index is -3.93. The quantitative estimate of drug-likeness (QED) is 0.165. The highest BCUT2D eigenvalue weighted by Crippen LogP contribution is 2.48. The number of nitrogens with one attached hydrogen (secondary N) is 2. The van der Waals surface area contributed by atoms with Crippen molar-refractivity contribution in [3.05, 3.63) is 60.4 Å². The van der Waals surface area contributed by atoms with Crippen molar-refractivity contribution in [3.8, 4) is 0 Å². The topological polar surface area (TPSA) is 129 Å². The number of benzene rings is 1. The van der Waals surface area contributed by atoms with Crippen molar-refractivity contribution in [1.29, 1.82) is 0 Å². The summed E-state index contributed by atoms with van der Waals surface area (Å²) in [5.74, 6) is -1.98. The SMILES string of the molecule is CCCC1(S(=O)(=O)Nc2cn(C(C)CN=[N+]=[N-])c(=O)c(F)c2Nc2ccc(I)cc2F)CC1. The van der Waals surface area contributed by atoms with Crippen LogP contribution in [0.3, 0.4) is 0 Å². The van der Waals surface area contributed by atoms with Gasteiger partial charge in [-0.05, 0) is 72.5 Å². The largest absolute Gasteiger partial charge is 0.349 e. The highest BCUT2D eigenvalue weighted by molar-refractivity contribution is 14.1. The molecule has 178 valence electrons. The molecule has 0 spiro atoms. The second-order valence-electron chi connectivity index (χ2n) is 7.99. The number of hydrogen-bond donors (Lipinski definition) is 2. The molecule has 1 aliphatic rings. The van der Waals surface area contributed by atoms with E-state index in [2.05, 4.69) is 20.1 Å². The molecule has 0 saturated heterocycles. The van der Waals surface area contributed by atoms with E-state index in [0.717, 1.165) is 10.8 Å². The van der Waals surface area contributed by atoms with E-state index in [1.807, 2.05) is 29.5 Å². The average Bonchev–Trinajstić information content (AvgIpc) is 3.54. The smallest absolute Gasteiger partial charge is 0.289 e. The molecule has 9 nitrogen and oxygen atoms in total. The van der Waals surface area contributed by atoms with Crippen LogP contribution in [0, 0.1) is 15.2 Å². The van der Waals surface area contributed by atoms with Gasteiger partial charge in [0.15, 0.2) is 0 Å². The van der Waals surface area contributed by atoms with Crippen LogP contribution in [0.2, 0.25) is 0 Å². The average molecular weight is 592 g/mol. The maximum absolute atomic E-state index is 15.3. The van der Waals surface area contributed by atoms with Gasteiger partial charge in [0.25, 0.3) is 5.56 Å². The first-order valence-electron chi connectivity index (χ1n) is 10.2. The van der Waals surface area contributed by atoms with Gasteiger partial charge in [-0.3, -0.25) is 9.52 Å². The van der Waals surface area contributed by atoms with Gasteiger partial charge in [0, 0.05) is 27.3 Å². The molecule has 1 atom stereocenters. The van der Waals surface area contributed by atoms with Crippen LogP contribution in [0.1, 0.15) is 45.6 Å². The van der Waals surface area contributed by atoms with Crippen molar-refractivity contribution in [3.63, 3.8) is 0 Å². The molecule has 0 aliphatic heterocycles. The lowest BCUT2D eigenvalue weighted by molar-refractivity contribution is 0.506. The Morgan fingerprint density at radius 3 is 2.61 bits per heavy atom. The van der Waals surface area contributed by atoms with Crippen molar-refractivity contribution in [2.24, 2.45) is 5.11 Å². The molecular formula is C20H23F2IN6O3S. The summed E-state index contributed by atoms with van der Waals surface area (Å²) in [5, 5.41) is 5.94. The Labute approximate surface area is 203 Å². The summed E-state index contributed by atoms with van der Waals surface area (Å²) in [6.07, 6.45) is 3.18. The summed E-state index contributed by atoms with van der Waals surface area (Å²) in [4.78, 5) is 15.3. The van der Waals surface area contributed by atoms with Gasteiger partial charge in [-0.15, -0.1) is 0 Å². The normalized spacial score (nSPS) is 15.4. The summed E-state index contributed by atoms with van der Waals surface area (Å²) in [6, 6.07) is 3.41. The van der Waals surface area contributed by atoms with E-state index >= 15 is 4.39 Å². The van der Waals surface area contributed by atoms with E-state index in [-0.39, 0.29) is 17.9 Å². The number of pyridine rings is 1. The van der Waals surface area contributed by atoms with Crippen LogP contribution in [-0.4, -0.2) is 24.3 Å². The lowest BCUT2D eigenvalue weighted by atomic mass is 10.2. The number of hydrogen-bond acceptors (Lipinski definition) is 5. The Bertz CT molecular complexity index is 1270. The Morgan fingerprint density at radius 1 is 1.33 bits per heavy atom. The van der Waals surface area contributed by atoms with Crippen molar-refractivity contribution in [1.82, 2.24) is 4.57 Å². The molecule has 2 N–H and O–H groups in total. The molecule has 1 heterocycles. The zero-order valence-corrected chi connectivity index (χ0v) is 21.0. The molecule has 0 radical (unpaired) electrons. The molecule has 13 heteroatoms. The fourth-order valence-corrected chi connectivity index (χ4v) is 5.82. The Morgan fingerprint density at radius 2 is 2.03 bits per heavy atom. The number of anilines is 3. The summed E-state index contributed by atoms with van der Waals surface area (Å²) in [7, 11) is -3.93. The van der Waals surface area contributed by atoms with Gasteiger partial charge < -0.3 is 9.88 Å². The number of rotatable bonds is 10. The van der Waals surface area contributed by atoms with Crippen molar-refractivity contribution >= 4 is 49.7 Å². The Balaban J connectivity index is 2.13. The third-order valence-electron chi connectivity index (χ3n) is 5.58. The first-order chi connectivity index (χ1) is 15.5. The van der Waals surface area contributed by atoms with Crippen molar-refractivity contribution in [2.75, 3.05) is 16.6 Å². The minimum absolute atomic E-state index is 0.122. The molecule has 0 bridgehead atoms. The fraction of sp³-hybridized carbons (Fsp3) is 0.450. The van der Waals surface area contributed by atoms with Crippen LogP contribution in [-0.2, 0) is 10.0 Å². The molecule has 1 fully saturated rings. The van der Waals surface area contributed by atoms with Crippen LogP contribution in [0.25, 0.3) is 10.4 Å². The highest BCUT2D eigenvalue weighted by atomic mass is 127. The van der Waals surface area contributed by atoms with E-state index in [9.17, 15) is 17.6 Å². The Hall–Kier alpha value is -2.38. The second kappa shape index (κ2) is 9.85. The molecule has 1 aliphatic carbocycles. The van der Waals surface area contributed by atoms with Crippen LogP contribution in [0.15, 0.2) is 34.3 Å². The monoisotopic (exact) mass is 592 g/mol. The van der Waals surface area contributed by atoms with Crippen molar-refractivity contribution < 1.29 is 17.2 Å². The molecule has 3 rings (SSSR count). The molecule has 33 heavy (non-hydrogen) atoms. The molecule has 1 aromatic carbocycles. The maximum Gasteiger partial charge on any atom is 0.289 e. The maximum atomic E-state index is 15.3. The first-order valence-corrected chi connectivity index (χ1v) is 12.8. The van der Waals surface area contributed by atoms with Crippen molar-refractivity contribution in [2.45, 2.75) is 50.3 Å². The molecule has 1 saturated carbocycles. The third-order valence-corrected chi connectivity index (χ3v) is 8.49. The van der Waals surface area contributed by atoms with E-state index in [1.165, 1.54) is 19.1 Å². The fourth-order valence-electron chi connectivity index (χ4n) is 3.60. The second-order valence-corrected chi connectivity index (χ2v) is 11.3. The summed E-state index contributed by atoms with van der Waals surface area (Å²) in [5.41, 5.74) is 6.64. The van der Waals surface area contributed by atoms with Crippen LogP contribution >= 0.6 is 22.6 Å². The standard InChI is InChI=1S/C20H23F2IN6O3S/c1-3-6-20(7-8-20)33(31,32)27-16-11-29(12(2)10-25-28-24)19(30)17(22)18(16)26-15-5-4-13(23)9-14(15)21/h4-5,9,11-12,26-27H,3,6-8,10H2,1-2H3.